The van der Waals surface area contributed by atoms with Crippen molar-refractivity contribution in [3.8, 4) is 0 Å². The number of anilines is 1. The molecule has 1 aromatic carbocycles. The molecule has 0 unspecified atom stereocenters. The van der Waals surface area contributed by atoms with Crippen LogP contribution in [0.4, 0.5) is 10.1 Å². The normalized spacial score (nSPS) is 11.8. The van der Waals surface area contributed by atoms with Gasteiger partial charge in [-0.3, -0.25) is 4.79 Å². The molecule has 1 amide bonds. The van der Waals surface area contributed by atoms with Crippen molar-refractivity contribution in [1.29, 1.82) is 0 Å². The highest BCUT2D eigenvalue weighted by molar-refractivity contribution is 9.10. The number of hydrogen-bond acceptors (Lipinski definition) is 1. The van der Waals surface area contributed by atoms with Gasteiger partial charge in [-0.15, -0.1) is 0 Å². The molecule has 0 aliphatic rings. The second kappa shape index (κ2) is 10.3. The molecule has 0 aliphatic heterocycles. The third-order valence-corrected chi connectivity index (χ3v) is 4.89. The molecule has 4 heteroatoms. The van der Waals surface area contributed by atoms with E-state index in [0.717, 1.165) is 44.2 Å². The Kier molecular flexibility index (Phi) is 9.12. The lowest BCUT2D eigenvalue weighted by atomic mass is 9.90. The summed E-state index contributed by atoms with van der Waals surface area (Å²) in [5.74, 6) is -0.172. The van der Waals surface area contributed by atoms with Crippen LogP contribution >= 0.6 is 15.9 Å². The Morgan fingerprint density at radius 1 is 1.16 bits per heavy atom. The third-order valence-electron chi connectivity index (χ3n) is 4.28. The number of carbonyl (C=O) groups excluding carboxylic acids is 1. The standard InChI is InChI=1S/C21H33BrFNO/c1-6-8-10-16(11-9-7-2)24(20(25)15-21(3,4)5)17-12-13-19(23)18(22)14-17/h12-14,16H,6-11,15H2,1-5H3. The SMILES string of the molecule is CCCCC(CCCC)N(C(=O)CC(C)(C)C)c1ccc(F)c(Br)c1. The lowest BCUT2D eigenvalue weighted by molar-refractivity contribution is -0.120. The molecule has 25 heavy (non-hydrogen) atoms. The highest BCUT2D eigenvalue weighted by atomic mass is 79.9. The van der Waals surface area contributed by atoms with Crippen LogP contribution in [0.1, 0.15) is 79.6 Å². The van der Waals surface area contributed by atoms with E-state index >= 15 is 0 Å². The molecule has 0 radical (unpaired) electrons. The average molecular weight is 414 g/mol. The number of nitrogens with zero attached hydrogens (tertiary/aromatic N) is 1. The van der Waals surface area contributed by atoms with Gasteiger partial charge in [-0.1, -0.05) is 60.3 Å². The molecule has 142 valence electrons. The third kappa shape index (κ3) is 7.47. The molecule has 0 saturated carbocycles. The fourth-order valence-electron chi connectivity index (χ4n) is 3.01. The topological polar surface area (TPSA) is 20.3 Å². The summed E-state index contributed by atoms with van der Waals surface area (Å²) < 4.78 is 14.1. The highest BCUT2D eigenvalue weighted by Gasteiger charge is 2.28. The summed E-state index contributed by atoms with van der Waals surface area (Å²) in [5.41, 5.74) is 0.715. The largest absolute Gasteiger partial charge is 0.309 e. The molecule has 1 rings (SSSR count). The van der Waals surface area contributed by atoms with Gasteiger partial charge in [0, 0.05) is 18.2 Å². The summed E-state index contributed by atoms with van der Waals surface area (Å²) in [5, 5.41) is 0. The van der Waals surface area contributed by atoms with Crippen molar-refractivity contribution in [2.24, 2.45) is 5.41 Å². The van der Waals surface area contributed by atoms with Crippen molar-refractivity contribution < 1.29 is 9.18 Å². The predicted octanol–water partition coefficient (Wildman–Crippen LogP) is 7.11. The van der Waals surface area contributed by atoms with Crippen LogP contribution < -0.4 is 4.90 Å². The van der Waals surface area contributed by atoms with Crippen LogP contribution in [-0.4, -0.2) is 11.9 Å². The Balaban J connectivity index is 3.21. The van der Waals surface area contributed by atoms with Crippen molar-refractivity contribution in [3.05, 3.63) is 28.5 Å². The second-order valence-electron chi connectivity index (χ2n) is 8.04. The van der Waals surface area contributed by atoms with Crippen LogP contribution in [0.3, 0.4) is 0 Å². The van der Waals surface area contributed by atoms with E-state index in [2.05, 4.69) is 50.5 Å². The zero-order valence-electron chi connectivity index (χ0n) is 16.4. The smallest absolute Gasteiger partial charge is 0.227 e. The lowest BCUT2D eigenvalue weighted by Gasteiger charge is -2.34. The number of hydrogen-bond donors (Lipinski definition) is 0. The Bertz CT molecular complexity index is 545. The first kappa shape index (κ1) is 22.1. The second-order valence-corrected chi connectivity index (χ2v) is 8.89. The Labute approximate surface area is 161 Å². The molecular formula is C21H33BrFNO. The van der Waals surface area contributed by atoms with Crippen molar-refractivity contribution in [3.63, 3.8) is 0 Å². The van der Waals surface area contributed by atoms with E-state index in [1.807, 2.05) is 4.90 Å². The van der Waals surface area contributed by atoms with Gasteiger partial charge < -0.3 is 4.90 Å². The molecule has 0 N–H and O–H groups in total. The molecule has 0 aromatic heterocycles. The van der Waals surface area contributed by atoms with Gasteiger partial charge >= 0.3 is 0 Å². The minimum atomic E-state index is -0.300. The van der Waals surface area contributed by atoms with Gasteiger partial charge in [0.25, 0.3) is 0 Å². The molecule has 2 nitrogen and oxygen atoms in total. The number of halogens is 2. The number of unbranched alkanes of at least 4 members (excludes halogenated alkanes) is 2. The highest BCUT2D eigenvalue weighted by Crippen LogP contribution is 2.30. The number of amides is 1. The molecule has 0 saturated heterocycles. The maximum absolute atomic E-state index is 13.7. The van der Waals surface area contributed by atoms with Gasteiger partial charge in [-0.2, -0.15) is 0 Å². The first-order valence-corrected chi connectivity index (χ1v) is 10.3. The molecule has 0 atom stereocenters. The zero-order chi connectivity index (χ0) is 19.0. The summed E-state index contributed by atoms with van der Waals surface area (Å²) in [7, 11) is 0. The van der Waals surface area contributed by atoms with Crippen molar-refractivity contribution in [1.82, 2.24) is 0 Å². The van der Waals surface area contributed by atoms with E-state index in [1.54, 1.807) is 12.1 Å². The van der Waals surface area contributed by atoms with E-state index in [1.165, 1.54) is 6.07 Å². The molecule has 0 fully saturated rings. The van der Waals surface area contributed by atoms with E-state index in [9.17, 15) is 9.18 Å². The van der Waals surface area contributed by atoms with Crippen LogP contribution in [0.2, 0.25) is 0 Å². The van der Waals surface area contributed by atoms with Gasteiger partial charge in [0.1, 0.15) is 5.82 Å². The van der Waals surface area contributed by atoms with Crippen LogP contribution in [0.25, 0.3) is 0 Å². The molecule has 0 heterocycles. The molecule has 1 aromatic rings. The fraction of sp³-hybridized carbons (Fsp3) is 0.667. The van der Waals surface area contributed by atoms with E-state index in [4.69, 9.17) is 0 Å². The van der Waals surface area contributed by atoms with Crippen molar-refractivity contribution in [2.45, 2.75) is 85.6 Å². The minimum Gasteiger partial charge on any atom is -0.309 e. The summed E-state index contributed by atoms with van der Waals surface area (Å²) >= 11 is 3.27. The number of carbonyl (C=O) groups is 1. The van der Waals surface area contributed by atoms with Crippen LogP contribution in [0.15, 0.2) is 22.7 Å². The van der Waals surface area contributed by atoms with Crippen molar-refractivity contribution >= 4 is 27.5 Å². The van der Waals surface area contributed by atoms with Crippen molar-refractivity contribution in [2.75, 3.05) is 4.90 Å². The van der Waals surface area contributed by atoms with E-state index in [0.29, 0.717) is 10.9 Å². The van der Waals surface area contributed by atoms with E-state index in [-0.39, 0.29) is 23.2 Å². The first-order chi connectivity index (χ1) is 11.7. The summed E-state index contributed by atoms with van der Waals surface area (Å²) in [4.78, 5) is 15.1. The van der Waals surface area contributed by atoms with Gasteiger partial charge in [0.05, 0.1) is 4.47 Å². The van der Waals surface area contributed by atoms with Gasteiger partial charge in [-0.05, 0) is 52.4 Å². The molecular weight excluding hydrogens is 381 g/mol. The molecule has 0 bridgehead atoms. The predicted molar refractivity (Wildman–Crippen MR) is 108 cm³/mol. The maximum Gasteiger partial charge on any atom is 0.227 e. The van der Waals surface area contributed by atoms with Crippen LogP contribution in [0.5, 0.6) is 0 Å². The quantitative estimate of drug-likeness (QED) is 0.422. The summed E-state index contributed by atoms with van der Waals surface area (Å²) in [6.07, 6.45) is 6.86. The minimum absolute atomic E-state index is 0.0767. The van der Waals surface area contributed by atoms with Gasteiger partial charge in [0.2, 0.25) is 5.91 Å². The Morgan fingerprint density at radius 2 is 1.72 bits per heavy atom. The Hall–Kier alpha value is -0.900. The number of rotatable bonds is 9. The van der Waals surface area contributed by atoms with Gasteiger partial charge in [0.15, 0.2) is 0 Å². The maximum atomic E-state index is 13.7. The zero-order valence-corrected chi connectivity index (χ0v) is 18.0. The first-order valence-electron chi connectivity index (χ1n) is 9.46. The lowest BCUT2D eigenvalue weighted by Crippen LogP contribution is -2.42. The molecule has 0 spiro atoms. The van der Waals surface area contributed by atoms with Crippen LogP contribution in [0, 0.1) is 11.2 Å². The number of benzene rings is 1. The fourth-order valence-corrected chi connectivity index (χ4v) is 3.38. The average Bonchev–Trinajstić information content (AvgIpc) is 2.51. The van der Waals surface area contributed by atoms with E-state index < -0.39 is 0 Å². The van der Waals surface area contributed by atoms with Crippen LogP contribution in [-0.2, 0) is 4.79 Å². The Morgan fingerprint density at radius 3 is 2.16 bits per heavy atom. The summed E-state index contributed by atoms with van der Waals surface area (Å²) in [6.45, 7) is 10.6. The van der Waals surface area contributed by atoms with Gasteiger partial charge in [-0.25, -0.2) is 4.39 Å². The monoisotopic (exact) mass is 413 g/mol. The summed E-state index contributed by atoms with van der Waals surface area (Å²) in [6, 6.07) is 5.08. The molecule has 0 aliphatic carbocycles.